The number of methoxy groups -OCH3 is 1. The molecule has 2 fully saturated rings. The Morgan fingerprint density at radius 2 is 0.917 bits per heavy atom. The lowest BCUT2D eigenvalue weighted by molar-refractivity contribution is -0.146. The Morgan fingerprint density at radius 1 is 0.533 bits per heavy atom. The van der Waals surface area contributed by atoms with E-state index in [4.69, 9.17) is 10.5 Å². The minimum atomic E-state index is -1.40. The third-order valence-corrected chi connectivity index (χ3v) is 12.9. The number of hydrogen-bond acceptors (Lipinski definition) is 8. The highest BCUT2D eigenvalue weighted by Gasteiger charge is 2.53. The zero-order valence-electron chi connectivity index (χ0n) is 40.1. The molecule has 7 N–H and O–H groups in total. The maximum absolute atomic E-state index is 15.0. The molecule has 2 rings (SSSR count). The van der Waals surface area contributed by atoms with Gasteiger partial charge < -0.3 is 37.1 Å². The van der Waals surface area contributed by atoms with Crippen LogP contribution in [-0.4, -0.2) is 77.9 Å². The molecule has 0 aliphatic heterocycles. The molecule has 0 bridgehead atoms. The fourth-order valence-corrected chi connectivity index (χ4v) is 9.99. The van der Waals surface area contributed by atoms with Gasteiger partial charge in [0.05, 0.1) is 12.6 Å². The van der Waals surface area contributed by atoms with Gasteiger partial charge in [0.2, 0.25) is 29.5 Å². The maximum Gasteiger partial charge on any atom is 0.328 e. The van der Waals surface area contributed by atoms with Crippen LogP contribution >= 0.6 is 0 Å². The van der Waals surface area contributed by atoms with E-state index in [2.05, 4.69) is 54.3 Å². The number of esters is 1. The van der Waals surface area contributed by atoms with Gasteiger partial charge in [0.1, 0.15) is 29.7 Å². The van der Waals surface area contributed by atoms with E-state index in [0.29, 0.717) is 38.5 Å². The van der Waals surface area contributed by atoms with E-state index in [-0.39, 0.29) is 71.5 Å². The number of carbonyl (C=O) groups is 6. The van der Waals surface area contributed by atoms with Crippen LogP contribution in [0, 0.1) is 59.2 Å². The molecule has 0 saturated heterocycles. The molecule has 0 aromatic heterocycles. The molecule has 60 heavy (non-hydrogen) atoms. The number of carbonyl (C=O) groups excluding carboxylic acids is 6. The molecule has 0 spiro atoms. The summed E-state index contributed by atoms with van der Waals surface area (Å²) in [4.78, 5) is 85.0. The Labute approximate surface area is 363 Å². The number of nitrogens with one attached hydrogen (secondary N) is 5. The summed E-state index contributed by atoms with van der Waals surface area (Å²) in [5, 5.41) is 15.2. The number of hydrogen-bond donors (Lipinski definition) is 6. The lowest BCUT2D eigenvalue weighted by atomic mass is 9.64. The molecule has 0 radical (unpaired) electrons. The second-order valence-corrected chi connectivity index (χ2v) is 21.2. The SMILES string of the molecule is COC(=O)[C@H](CC(C)C)NC(=O)[C@H](CC(C)C)NC(=O)[C@]1(NC(=O)[C@H](CC(C)C)NC(=O)[C@H](CC(C)C)NC(=O)[C@]2(N)C[C@H](C)CC[C@H]2C(C)C)C[C@H](C)CC[C@H]1C(C)C. The van der Waals surface area contributed by atoms with Crippen molar-refractivity contribution in [3.8, 4) is 0 Å². The standard InChI is InChI=1S/C47H86N6O7/c1-26(2)20-36(51-44(58)46(48)24-32(13)16-18-34(46)30(9)10)40(54)49-38(22-28(5)6)42(56)53-47(25-33(14)17-19-35(47)31(11)12)45(59)52-37(21-27(3)4)41(55)50-39(23-29(7)8)43(57)60-15/h26-39H,16-25,48H2,1-15H3,(H,49,54)(H,50,55)(H,51,58)(H,52,59)(H,53,56)/t32-,33-,34+,35+,36+,37+,38+,39+,46+,47+/m1/s1. The molecule has 5 amide bonds. The lowest BCUT2D eigenvalue weighted by Crippen LogP contribution is -2.70. The second-order valence-electron chi connectivity index (χ2n) is 21.2. The quantitative estimate of drug-likeness (QED) is 0.0754. The number of ether oxygens (including phenoxy) is 1. The average Bonchev–Trinajstić information content (AvgIpc) is 3.11. The molecule has 13 nitrogen and oxygen atoms in total. The first-order chi connectivity index (χ1) is 27.8. The first-order valence-corrected chi connectivity index (χ1v) is 23.2. The van der Waals surface area contributed by atoms with Crippen LogP contribution in [0.1, 0.15) is 161 Å². The zero-order valence-corrected chi connectivity index (χ0v) is 40.1. The van der Waals surface area contributed by atoms with Gasteiger partial charge in [0.25, 0.3) is 0 Å². The van der Waals surface area contributed by atoms with Gasteiger partial charge in [-0.05, 0) is 111 Å². The molecule has 13 heteroatoms. The van der Waals surface area contributed by atoms with Crippen LogP contribution in [0.15, 0.2) is 0 Å². The van der Waals surface area contributed by atoms with Gasteiger partial charge in [-0.3, -0.25) is 24.0 Å². The lowest BCUT2D eigenvalue weighted by Gasteiger charge is -2.48. The second kappa shape index (κ2) is 23.3. The van der Waals surface area contributed by atoms with Crippen LogP contribution in [0.2, 0.25) is 0 Å². The monoisotopic (exact) mass is 847 g/mol. The van der Waals surface area contributed by atoms with Gasteiger partial charge in [-0.15, -0.1) is 0 Å². The summed E-state index contributed by atoms with van der Waals surface area (Å²) in [7, 11) is 1.28. The summed E-state index contributed by atoms with van der Waals surface area (Å²) in [6.07, 6.45) is 5.53. The van der Waals surface area contributed by atoms with Crippen molar-refractivity contribution in [3.05, 3.63) is 0 Å². The van der Waals surface area contributed by atoms with Gasteiger partial charge in [0.15, 0.2) is 0 Å². The Balaban J connectivity index is 2.55. The van der Waals surface area contributed by atoms with Gasteiger partial charge in [-0.2, -0.15) is 0 Å². The van der Waals surface area contributed by atoms with Crippen LogP contribution in [0.25, 0.3) is 0 Å². The average molecular weight is 847 g/mol. The molecule has 10 atom stereocenters. The molecule has 0 unspecified atom stereocenters. The van der Waals surface area contributed by atoms with E-state index < -0.39 is 64.8 Å². The van der Waals surface area contributed by atoms with Gasteiger partial charge in [-0.1, -0.05) is 110 Å². The van der Waals surface area contributed by atoms with E-state index >= 15 is 4.79 Å². The first kappa shape index (κ1) is 52.9. The highest BCUT2D eigenvalue weighted by molar-refractivity contribution is 5.99. The molecule has 2 aliphatic rings. The molecular weight excluding hydrogens is 761 g/mol. The summed E-state index contributed by atoms with van der Waals surface area (Å²) >= 11 is 0. The Hall–Kier alpha value is -3.22. The third-order valence-electron chi connectivity index (χ3n) is 12.9. The first-order valence-electron chi connectivity index (χ1n) is 23.2. The molecule has 0 aromatic carbocycles. The summed E-state index contributed by atoms with van der Waals surface area (Å²) in [6.45, 7) is 28.1. The smallest absolute Gasteiger partial charge is 0.328 e. The summed E-state index contributed by atoms with van der Waals surface area (Å²) < 4.78 is 5.00. The van der Waals surface area contributed by atoms with Gasteiger partial charge in [-0.25, -0.2) is 4.79 Å². The van der Waals surface area contributed by atoms with E-state index in [1.54, 1.807) is 0 Å². The van der Waals surface area contributed by atoms with Crippen molar-refractivity contribution in [1.29, 1.82) is 0 Å². The summed E-state index contributed by atoms with van der Waals surface area (Å²) in [5.74, 6) is -2.49. The molecule has 0 aromatic rings. The highest BCUT2D eigenvalue weighted by Crippen LogP contribution is 2.42. The molecule has 346 valence electrons. The molecule has 2 aliphatic carbocycles. The maximum atomic E-state index is 15.0. The molecule has 0 heterocycles. The van der Waals surface area contributed by atoms with Crippen molar-refractivity contribution in [2.24, 2.45) is 64.9 Å². The normalized spacial score (nSPS) is 26.7. The topological polar surface area (TPSA) is 198 Å². The summed E-state index contributed by atoms with van der Waals surface area (Å²) in [5.41, 5.74) is 4.45. The number of amides is 5. The number of nitrogens with two attached hydrogens (primary N) is 1. The Morgan fingerprint density at radius 3 is 1.35 bits per heavy atom. The van der Waals surface area contributed by atoms with Crippen molar-refractivity contribution in [1.82, 2.24) is 26.6 Å². The predicted molar refractivity (Wildman–Crippen MR) is 238 cm³/mol. The predicted octanol–water partition coefficient (Wildman–Crippen LogP) is 6.02. The van der Waals surface area contributed by atoms with E-state index in [0.717, 1.165) is 19.3 Å². The van der Waals surface area contributed by atoms with Crippen LogP contribution in [-0.2, 0) is 33.5 Å². The van der Waals surface area contributed by atoms with E-state index in [9.17, 15) is 24.0 Å². The Kier molecular flexibility index (Phi) is 20.5. The van der Waals surface area contributed by atoms with Crippen molar-refractivity contribution in [2.45, 2.75) is 196 Å². The minimum absolute atomic E-state index is 0.00862. The Bertz CT molecular complexity index is 1450. The van der Waals surface area contributed by atoms with Crippen molar-refractivity contribution in [2.75, 3.05) is 7.11 Å². The van der Waals surface area contributed by atoms with Crippen LogP contribution in [0.3, 0.4) is 0 Å². The number of rotatable bonds is 21. The molecule has 2 saturated carbocycles. The van der Waals surface area contributed by atoms with Crippen molar-refractivity contribution < 1.29 is 33.5 Å². The largest absolute Gasteiger partial charge is 0.467 e. The summed E-state index contributed by atoms with van der Waals surface area (Å²) in [6, 6.07) is -3.82. The van der Waals surface area contributed by atoms with Crippen molar-refractivity contribution >= 4 is 35.5 Å². The third kappa shape index (κ3) is 14.7. The fourth-order valence-electron chi connectivity index (χ4n) is 9.99. The highest BCUT2D eigenvalue weighted by atomic mass is 16.5. The molecular formula is C47H86N6O7. The van der Waals surface area contributed by atoms with E-state index in [1.165, 1.54) is 7.11 Å². The minimum Gasteiger partial charge on any atom is -0.467 e. The van der Waals surface area contributed by atoms with Crippen LogP contribution in [0.5, 0.6) is 0 Å². The van der Waals surface area contributed by atoms with E-state index in [1.807, 2.05) is 69.2 Å². The van der Waals surface area contributed by atoms with Crippen LogP contribution in [0.4, 0.5) is 0 Å². The van der Waals surface area contributed by atoms with Crippen molar-refractivity contribution in [3.63, 3.8) is 0 Å². The van der Waals surface area contributed by atoms with Gasteiger partial charge in [0, 0.05) is 0 Å². The zero-order chi connectivity index (χ0) is 45.9. The van der Waals surface area contributed by atoms with Crippen LogP contribution < -0.4 is 32.3 Å². The van der Waals surface area contributed by atoms with Gasteiger partial charge >= 0.3 is 5.97 Å². The fraction of sp³-hybridized carbons (Fsp3) is 0.872.